The van der Waals surface area contributed by atoms with Gasteiger partial charge >= 0.3 is 0 Å². The smallest absolute Gasteiger partial charge is 0.157 e. The Labute approximate surface area is 85.8 Å². The molecule has 0 aromatic rings. The fourth-order valence-corrected chi connectivity index (χ4v) is 1.47. The number of hydrogen-bond acceptors (Lipinski definition) is 4. The summed E-state index contributed by atoms with van der Waals surface area (Å²) in [5, 5.41) is 8.68. The third-order valence-corrected chi connectivity index (χ3v) is 2.40. The first-order valence-corrected chi connectivity index (χ1v) is 5.35. The summed E-state index contributed by atoms with van der Waals surface area (Å²) in [7, 11) is 1.97. The molecule has 0 aromatic carbocycles. The van der Waals surface area contributed by atoms with Gasteiger partial charge in [-0.1, -0.05) is 0 Å². The molecule has 1 rings (SSSR count). The molecule has 1 N–H and O–H groups in total. The molecule has 0 bridgehead atoms. The van der Waals surface area contributed by atoms with Gasteiger partial charge in [0, 0.05) is 19.7 Å². The Morgan fingerprint density at radius 3 is 2.93 bits per heavy atom. The van der Waals surface area contributed by atoms with Crippen LogP contribution in [0.5, 0.6) is 0 Å². The molecule has 0 aliphatic carbocycles. The first-order chi connectivity index (χ1) is 6.83. The zero-order valence-electron chi connectivity index (χ0n) is 8.95. The number of likely N-dealkylation sites (N-methyl/N-ethyl adjacent to an activating group) is 1. The van der Waals surface area contributed by atoms with Crippen molar-refractivity contribution in [2.45, 2.75) is 25.6 Å². The summed E-state index contributed by atoms with van der Waals surface area (Å²) in [6, 6.07) is 0. The highest BCUT2D eigenvalue weighted by Gasteiger charge is 2.13. The molecular formula is C10H21NO3. The highest BCUT2D eigenvalue weighted by Crippen LogP contribution is 2.13. The van der Waals surface area contributed by atoms with E-state index in [1.807, 2.05) is 11.9 Å². The van der Waals surface area contributed by atoms with E-state index in [0.29, 0.717) is 13.2 Å². The average molecular weight is 203 g/mol. The van der Waals surface area contributed by atoms with Crippen molar-refractivity contribution >= 4 is 0 Å². The van der Waals surface area contributed by atoms with Crippen LogP contribution in [0.25, 0.3) is 0 Å². The fourth-order valence-electron chi connectivity index (χ4n) is 1.47. The summed E-state index contributed by atoms with van der Waals surface area (Å²) in [5.74, 6) is 0. The first-order valence-electron chi connectivity index (χ1n) is 5.35. The Morgan fingerprint density at radius 1 is 1.43 bits per heavy atom. The summed E-state index contributed by atoms with van der Waals surface area (Å²) in [4.78, 5) is 2.04. The predicted molar refractivity (Wildman–Crippen MR) is 54.1 cm³/mol. The minimum absolute atomic E-state index is 0.00581. The van der Waals surface area contributed by atoms with E-state index in [1.54, 1.807) is 0 Å². The molecule has 1 heterocycles. The number of aliphatic hydroxyl groups excluding tert-OH is 1. The molecule has 1 saturated heterocycles. The first kappa shape index (κ1) is 11.9. The number of nitrogens with zero attached hydrogens (tertiary/aromatic N) is 1. The Kier molecular flexibility index (Phi) is 6.10. The van der Waals surface area contributed by atoms with Crippen molar-refractivity contribution in [3.8, 4) is 0 Å². The average Bonchev–Trinajstić information content (AvgIpc) is 2.20. The van der Waals surface area contributed by atoms with Gasteiger partial charge in [0.2, 0.25) is 0 Å². The fraction of sp³-hybridized carbons (Fsp3) is 1.00. The molecule has 14 heavy (non-hydrogen) atoms. The SMILES string of the molecule is CN(CCO)CCO[C@@H]1CCCCO1. The standard InChI is InChI=1S/C10H21NO3/c1-11(5-7-12)6-9-14-10-4-2-3-8-13-10/h10,12H,2-9H2,1H3/t10-/m1/s1. The van der Waals surface area contributed by atoms with Crippen molar-refractivity contribution < 1.29 is 14.6 Å². The summed E-state index contributed by atoms with van der Waals surface area (Å²) < 4.78 is 11.0. The van der Waals surface area contributed by atoms with Gasteiger partial charge in [-0.15, -0.1) is 0 Å². The molecule has 84 valence electrons. The van der Waals surface area contributed by atoms with E-state index in [4.69, 9.17) is 14.6 Å². The highest BCUT2D eigenvalue weighted by molar-refractivity contribution is 4.55. The maximum atomic E-state index is 8.68. The highest BCUT2D eigenvalue weighted by atomic mass is 16.7. The van der Waals surface area contributed by atoms with Gasteiger partial charge in [0.25, 0.3) is 0 Å². The van der Waals surface area contributed by atoms with Gasteiger partial charge in [-0.3, -0.25) is 0 Å². The molecule has 1 aliphatic rings. The van der Waals surface area contributed by atoms with Crippen LogP contribution < -0.4 is 0 Å². The van der Waals surface area contributed by atoms with Crippen molar-refractivity contribution in [3.63, 3.8) is 0 Å². The van der Waals surface area contributed by atoms with Crippen LogP contribution >= 0.6 is 0 Å². The van der Waals surface area contributed by atoms with Crippen LogP contribution in [-0.2, 0) is 9.47 Å². The molecule has 0 aromatic heterocycles. The van der Waals surface area contributed by atoms with Crippen LogP contribution in [0.3, 0.4) is 0 Å². The second kappa shape index (κ2) is 7.17. The van der Waals surface area contributed by atoms with Crippen molar-refractivity contribution in [2.75, 3.05) is 40.0 Å². The van der Waals surface area contributed by atoms with Gasteiger partial charge < -0.3 is 19.5 Å². The molecule has 4 nitrogen and oxygen atoms in total. The van der Waals surface area contributed by atoms with Gasteiger partial charge in [0.05, 0.1) is 13.2 Å². The molecule has 4 heteroatoms. The van der Waals surface area contributed by atoms with E-state index in [0.717, 1.165) is 26.0 Å². The predicted octanol–water partition coefficient (Wildman–Crippen LogP) is 0.454. The second-order valence-corrected chi connectivity index (χ2v) is 3.69. The Balaban J connectivity index is 1.96. The minimum atomic E-state index is 0.00581. The Morgan fingerprint density at radius 2 is 2.29 bits per heavy atom. The molecule has 0 radical (unpaired) electrons. The molecular weight excluding hydrogens is 182 g/mol. The molecule has 0 saturated carbocycles. The van der Waals surface area contributed by atoms with Crippen LogP contribution in [-0.4, -0.2) is 56.3 Å². The van der Waals surface area contributed by atoms with E-state index in [2.05, 4.69) is 0 Å². The van der Waals surface area contributed by atoms with Crippen molar-refractivity contribution in [1.29, 1.82) is 0 Å². The third-order valence-electron chi connectivity index (χ3n) is 2.40. The van der Waals surface area contributed by atoms with Crippen molar-refractivity contribution in [1.82, 2.24) is 4.90 Å². The zero-order chi connectivity index (χ0) is 10.2. The van der Waals surface area contributed by atoms with Crippen LogP contribution in [0.2, 0.25) is 0 Å². The Bertz CT molecular complexity index is 137. The topological polar surface area (TPSA) is 41.9 Å². The Hall–Kier alpha value is -0.160. The van der Waals surface area contributed by atoms with Crippen molar-refractivity contribution in [3.05, 3.63) is 0 Å². The quantitative estimate of drug-likeness (QED) is 0.680. The lowest BCUT2D eigenvalue weighted by atomic mass is 10.2. The molecule has 1 atom stereocenters. The number of rotatable bonds is 6. The van der Waals surface area contributed by atoms with Gasteiger partial charge in [0.15, 0.2) is 6.29 Å². The lowest BCUT2D eigenvalue weighted by molar-refractivity contribution is -0.163. The van der Waals surface area contributed by atoms with Crippen LogP contribution in [0.4, 0.5) is 0 Å². The minimum Gasteiger partial charge on any atom is -0.395 e. The lowest BCUT2D eigenvalue weighted by Gasteiger charge is -2.24. The molecule has 0 spiro atoms. The summed E-state index contributed by atoms with van der Waals surface area (Å²) >= 11 is 0. The van der Waals surface area contributed by atoms with Crippen LogP contribution in [0.15, 0.2) is 0 Å². The number of aliphatic hydroxyl groups is 1. The zero-order valence-corrected chi connectivity index (χ0v) is 8.95. The van der Waals surface area contributed by atoms with E-state index < -0.39 is 0 Å². The largest absolute Gasteiger partial charge is 0.395 e. The molecule has 1 fully saturated rings. The number of ether oxygens (including phenoxy) is 2. The maximum absolute atomic E-state index is 8.68. The number of hydrogen-bond donors (Lipinski definition) is 1. The molecule has 0 unspecified atom stereocenters. The van der Waals surface area contributed by atoms with Crippen LogP contribution in [0, 0.1) is 0 Å². The summed E-state index contributed by atoms with van der Waals surface area (Å²) in [5.41, 5.74) is 0. The van der Waals surface area contributed by atoms with Crippen LogP contribution in [0.1, 0.15) is 19.3 Å². The summed E-state index contributed by atoms with van der Waals surface area (Å²) in [6.07, 6.45) is 3.39. The van der Waals surface area contributed by atoms with Gasteiger partial charge in [0.1, 0.15) is 0 Å². The second-order valence-electron chi connectivity index (χ2n) is 3.69. The maximum Gasteiger partial charge on any atom is 0.157 e. The van der Waals surface area contributed by atoms with E-state index in [-0.39, 0.29) is 12.9 Å². The van der Waals surface area contributed by atoms with Gasteiger partial charge in [-0.2, -0.15) is 0 Å². The van der Waals surface area contributed by atoms with Gasteiger partial charge in [-0.05, 0) is 26.3 Å². The van der Waals surface area contributed by atoms with E-state index in [9.17, 15) is 0 Å². The summed E-state index contributed by atoms with van der Waals surface area (Å²) in [6.45, 7) is 3.27. The van der Waals surface area contributed by atoms with E-state index in [1.165, 1.54) is 6.42 Å². The van der Waals surface area contributed by atoms with Gasteiger partial charge in [-0.25, -0.2) is 0 Å². The normalized spacial score (nSPS) is 22.9. The molecule has 0 amide bonds. The molecule has 1 aliphatic heterocycles. The van der Waals surface area contributed by atoms with E-state index >= 15 is 0 Å². The monoisotopic (exact) mass is 203 g/mol. The third kappa shape index (κ3) is 4.91. The van der Waals surface area contributed by atoms with Crippen molar-refractivity contribution in [2.24, 2.45) is 0 Å². The lowest BCUT2D eigenvalue weighted by Crippen LogP contribution is -2.29.